The second kappa shape index (κ2) is 2.29. The van der Waals surface area contributed by atoms with Gasteiger partial charge >= 0.3 is 0 Å². The van der Waals surface area contributed by atoms with Crippen LogP contribution in [-0.2, 0) is 0 Å². The number of fused-ring (bicyclic) bond motifs is 3. The number of anilines is 1. The quantitative estimate of drug-likeness (QED) is 0.525. The summed E-state index contributed by atoms with van der Waals surface area (Å²) >= 11 is 0. The van der Waals surface area contributed by atoms with E-state index in [0.29, 0.717) is 0 Å². The number of nitrogens with two attached hydrogens (primary N) is 1. The summed E-state index contributed by atoms with van der Waals surface area (Å²) in [5, 5.41) is 3.21. The van der Waals surface area contributed by atoms with Crippen molar-refractivity contribution in [1.82, 2.24) is 14.6 Å². The molecule has 2 heterocycles. The first kappa shape index (κ1) is 7.44. The van der Waals surface area contributed by atoms with Crippen molar-refractivity contribution in [2.45, 2.75) is 6.92 Å². The minimum Gasteiger partial charge on any atom is -0.399 e. The third-order valence-corrected chi connectivity index (χ3v) is 2.34. The number of benzene rings is 1. The van der Waals surface area contributed by atoms with Crippen molar-refractivity contribution in [3.63, 3.8) is 0 Å². The van der Waals surface area contributed by atoms with Crippen LogP contribution in [0.5, 0.6) is 0 Å². The standard InChI is InChI=1S/C10H10N4/c1-6-4-10-12-8-5-7(11)2-3-9(8)14(10)13-6/h2-5,13H,11H2,1H3. The molecule has 4 heteroatoms. The third kappa shape index (κ3) is 0.849. The first-order chi connectivity index (χ1) is 6.74. The maximum Gasteiger partial charge on any atom is 0.154 e. The molecule has 0 unspecified atom stereocenters. The fourth-order valence-corrected chi connectivity index (χ4v) is 1.73. The Morgan fingerprint density at radius 2 is 2.21 bits per heavy atom. The van der Waals surface area contributed by atoms with Crippen LogP contribution in [-0.4, -0.2) is 14.6 Å². The van der Waals surface area contributed by atoms with Crippen LogP contribution in [0.25, 0.3) is 16.7 Å². The Kier molecular flexibility index (Phi) is 1.21. The normalized spacial score (nSPS) is 11.5. The Morgan fingerprint density at radius 1 is 1.36 bits per heavy atom. The Morgan fingerprint density at radius 3 is 3.07 bits per heavy atom. The fourth-order valence-electron chi connectivity index (χ4n) is 1.73. The van der Waals surface area contributed by atoms with Crippen molar-refractivity contribution in [3.8, 4) is 0 Å². The number of nitrogen functional groups attached to an aromatic ring is 1. The highest BCUT2D eigenvalue weighted by Crippen LogP contribution is 2.18. The van der Waals surface area contributed by atoms with Crippen LogP contribution in [0.2, 0.25) is 0 Å². The van der Waals surface area contributed by atoms with Crippen LogP contribution in [0.1, 0.15) is 5.69 Å². The molecule has 3 aromatic rings. The van der Waals surface area contributed by atoms with Crippen molar-refractivity contribution in [1.29, 1.82) is 0 Å². The molecule has 0 saturated carbocycles. The highest BCUT2D eigenvalue weighted by atomic mass is 15.3. The number of H-pyrrole nitrogens is 1. The number of hydrogen-bond donors (Lipinski definition) is 2. The van der Waals surface area contributed by atoms with E-state index in [9.17, 15) is 0 Å². The topological polar surface area (TPSA) is 59.1 Å². The van der Waals surface area contributed by atoms with Gasteiger partial charge in [0.1, 0.15) is 0 Å². The summed E-state index contributed by atoms with van der Waals surface area (Å²) < 4.78 is 1.96. The number of aromatic nitrogens is 3. The monoisotopic (exact) mass is 186 g/mol. The molecule has 3 N–H and O–H groups in total. The summed E-state index contributed by atoms with van der Waals surface area (Å²) in [5.74, 6) is 0. The van der Waals surface area contributed by atoms with Gasteiger partial charge in [-0.15, -0.1) is 0 Å². The van der Waals surface area contributed by atoms with E-state index in [1.54, 1.807) is 0 Å². The van der Waals surface area contributed by atoms with E-state index in [1.807, 2.05) is 35.7 Å². The number of aromatic amines is 1. The molecule has 0 bridgehead atoms. The molecule has 0 aliphatic heterocycles. The van der Waals surface area contributed by atoms with Gasteiger partial charge in [0.15, 0.2) is 5.65 Å². The molecule has 0 radical (unpaired) electrons. The summed E-state index contributed by atoms with van der Waals surface area (Å²) in [4.78, 5) is 4.45. The number of imidazole rings is 1. The van der Waals surface area contributed by atoms with Gasteiger partial charge in [-0.2, -0.15) is 0 Å². The van der Waals surface area contributed by atoms with E-state index < -0.39 is 0 Å². The number of aryl methyl sites for hydroxylation is 1. The van der Waals surface area contributed by atoms with Crippen LogP contribution >= 0.6 is 0 Å². The van der Waals surface area contributed by atoms with Gasteiger partial charge in [0, 0.05) is 17.4 Å². The lowest BCUT2D eigenvalue weighted by Gasteiger charge is -1.92. The fraction of sp³-hybridized carbons (Fsp3) is 0.100. The molecule has 0 aliphatic rings. The third-order valence-electron chi connectivity index (χ3n) is 2.34. The lowest BCUT2D eigenvalue weighted by Crippen LogP contribution is -1.86. The maximum absolute atomic E-state index is 5.68. The number of rotatable bonds is 0. The predicted octanol–water partition coefficient (Wildman–Crippen LogP) is 1.71. The van der Waals surface area contributed by atoms with E-state index in [1.165, 1.54) is 0 Å². The van der Waals surface area contributed by atoms with Gasteiger partial charge in [0.25, 0.3) is 0 Å². The second-order valence-electron chi connectivity index (χ2n) is 3.49. The van der Waals surface area contributed by atoms with E-state index in [2.05, 4.69) is 10.1 Å². The summed E-state index contributed by atoms with van der Waals surface area (Å²) in [6.45, 7) is 2.01. The molecule has 0 atom stereocenters. The average Bonchev–Trinajstić information content (AvgIpc) is 2.59. The van der Waals surface area contributed by atoms with E-state index >= 15 is 0 Å². The lowest BCUT2D eigenvalue weighted by molar-refractivity contribution is 0.974. The summed E-state index contributed by atoms with van der Waals surface area (Å²) in [5.41, 5.74) is 10.5. The Labute approximate surface area is 80.3 Å². The molecule has 0 aliphatic carbocycles. The van der Waals surface area contributed by atoms with Gasteiger partial charge in [-0.3, -0.25) is 5.10 Å². The second-order valence-corrected chi connectivity index (χ2v) is 3.49. The summed E-state index contributed by atoms with van der Waals surface area (Å²) in [7, 11) is 0. The van der Waals surface area contributed by atoms with Crippen molar-refractivity contribution < 1.29 is 0 Å². The zero-order valence-corrected chi connectivity index (χ0v) is 7.78. The number of nitrogens with one attached hydrogen (secondary N) is 1. The minimum atomic E-state index is 0.745. The molecule has 0 amide bonds. The zero-order valence-electron chi connectivity index (χ0n) is 7.78. The van der Waals surface area contributed by atoms with Crippen LogP contribution in [0, 0.1) is 6.92 Å². The average molecular weight is 186 g/mol. The van der Waals surface area contributed by atoms with Crippen LogP contribution in [0.4, 0.5) is 5.69 Å². The van der Waals surface area contributed by atoms with Gasteiger partial charge in [-0.25, -0.2) is 9.50 Å². The molecule has 70 valence electrons. The van der Waals surface area contributed by atoms with Crippen LogP contribution in [0.3, 0.4) is 0 Å². The highest BCUT2D eigenvalue weighted by Gasteiger charge is 2.05. The van der Waals surface area contributed by atoms with Crippen LogP contribution < -0.4 is 5.73 Å². The first-order valence-corrected chi connectivity index (χ1v) is 4.47. The van der Waals surface area contributed by atoms with E-state index in [0.717, 1.165) is 28.1 Å². The maximum atomic E-state index is 5.68. The largest absolute Gasteiger partial charge is 0.399 e. The Balaban J connectivity index is 2.52. The zero-order chi connectivity index (χ0) is 9.71. The highest BCUT2D eigenvalue weighted by molar-refractivity contribution is 5.82. The molecular formula is C10H10N4. The molecule has 0 spiro atoms. The van der Waals surface area contributed by atoms with Crippen molar-refractivity contribution >= 4 is 22.4 Å². The molecule has 3 rings (SSSR count). The first-order valence-electron chi connectivity index (χ1n) is 4.47. The van der Waals surface area contributed by atoms with Gasteiger partial charge in [-0.1, -0.05) is 0 Å². The predicted molar refractivity (Wildman–Crippen MR) is 56.2 cm³/mol. The van der Waals surface area contributed by atoms with Gasteiger partial charge in [0.2, 0.25) is 0 Å². The molecule has 2 aromatic heterocycles. The van der Waals surface area contributed by atoms with Gasteiger partial charge in [-0.05, 0) is 25.1 Å². The molecule has 14 heavy (non-hydrogen) atoms. The van der Waals surface area contributed by atoms with Crippen molar-refractivity contribution in [2.24, 2.45) is 0 Å². The molecule has 4 nitrogen and oxygen atoms in total. The smallest absolute Gasteiger partial charge is 0.154 e. The van der Waals surface area contributed by atoms with E-state index in [4.69, 9.17) is 5.73 Å². The minimum absolute atomic E-state index is 0.745. The molecular weight excluding hydrogens is 176 g/mol. The SMILES string of the molecule is Cc1cc2nc3cc(N)ccc3n2[nH]1. The molecule has 0 fully saturated rings. The van der Waals surface area contributed by atoms with Crippen molar-refractivity contribution in [2.75, 3.05) is 5.73 Å². The molecule has 1 aromatic carbocycles. The molecule has 0 saturated heterocycles. The Bertz CT molecular complexity index is 614. The summed E-state index contributed by atoms with van der Waals surface area (Å²) in [6, 6.07) is 7.74. The van der Waals surface area contributed by atoms with Crippen LogP contribution in [0.15, 0.2) is 24.3 Å². The number of hydrogen-bond acceptors (Lipinski definition) is 2. The lowest BCUT2D eigenvalue weighted by atomic mass is 10.3. The summed E-state index contributed by atoms with van der Waals surface area (Å²) in [6.07, 6.45) is 0. The number of nitrogens with zero attached hydrogens (tertiary/aromatic N) is 2. The van der Waals surface area contributed by atoms with Gasteiger partial charge in [0.05, 0.1) is 11.0 Å². The van der Waals surface area contributed by atoms with Crippen molar-refractivity contribution in [3.05, 3.63) is 30.0 Å². The Hall–Kier alpha value is -1.97. The van der Waals surface area contributed by atoms with E-state index in [-0.39, 0.29) is 0 Å². The van der Waals surface area contributed by atoms with Gasteiger partial charge < -0.3 is 5.73 Å².